The first kappa shape index (κ1) is 16.8. The molecule has 4 nitrogen and oxygen atoms in total. The molecule has 0 aromatic heterocycles. The standard InChI is InChI=1S/C18H26N2O2S/c21-18(19-14-16-8-4-5-11-22-16)17(15-6-2-1-3-7-15)20-9-12-23-13-10-20/h1-3,6-7,16-17H,4-5,8-14H2,(H,19,21)/t16-,17+/m0/s1. The highest BCUT2D eigenvalue weighted by atomic mass is 32.2. The van der Waals surface area contributed by atoms with Crippen LogP contribution in [-0.4, -0.2) is 54.7 Å². The van der Waals surface area contributed by atoms with Crippen molar-refractivity contribution >= 4 is 17.7 Å². The number of amides is 1. The molecular formula is C18H26N2O2S. The molecule has 0 aliphatic carbocycles. The normalized spacial score (nSPS) is 24.1. The van der Waals surface area contributed by atoms with Gasteiger partial charge in [0.25, 0.3) is 0 Å². The average Bonchev–Trinajstić information content (AvgIpc) is 2.63. The van der Waals surface area contributed by atoms with Gasteiger partial charge in [-0.15, -0.1) is 0 Å². The van der Waals surface area contributed by atoms with Gasteiger partial charge >= 0.3 is 0 Å². The second-order valence-electron chi connectivity index (χ2n) is 6.20. The molecule has 2 atom stereocenters. The van der Waals surface area contributed by atoms with Gasteiger partial charge in [0.05, 0.1) is 6.10 Å². The van der Waals surface area contributed by atoms with Crippen LogP contribution in [0.4, 0.5) is 0 Å². The molecule has 23 heavy (non-hydrogen) atoms. The first-order valence-electron chi connectivity index (χ1n) is 8.60. The van der Waals surface area contributed by atoms with Gasteiger partial charge in [0.2, 0.25) is 5.91 Å². The van der Waals surface area contributed by atoms with E-state index in [1.54, 1.807) is 0 Å². The number of thioether (sulfide) groups is 1. The van der Waals surface area contributed by atoms with E-state index in [4.69, 9.17) is 4.74 Å². The molecule has 2 saturated heterocycles. The van der Waals surface area contributed by atoms with Crippen LogP contribution in [0.1, 0.15) is 30.9 Å². The van der Waals surface area contributed by atoms with Crippen LogP contribution in [0, 0.1) is 0 Å². The van der Waals surface area contributed by atoms with E-state index in [2.05, 4.69) is 22.3 Å². The molecule has 2 aliphatic rings. The largest absolute Gasteiger partial charge is 0.376 e. The molecule has 2 heterocycles. The lowest BCUT2D eigenvalue weighted by Crippen LogP contribution is -2.46. The molecule has 0 radical (unpaired) electrons. The zero-order valence-corrected chi connectivity index (χ0v) is 14.4. The maximum Gasteiger partial charge on any atom is 0.242 e. The third-order valence-electron chi connectivity index (χ3n) is 4.55. The molecular weight excluding hydrogens is 308 g/mol. The lowest BCUT2D eigenvalue weighted by Gasteiger charge is -2.34. The summed E-state index contributed by atoms with van der Waals surface area (Å²) in [5.41, 5.74) is 1.08. The Bertz CT molecular complexity index is 485. The highest BCUT2D eigenvalue weighted by Gasteiger charge is 2.29. The molecule has 1 aromatic rings. The van der Waals surface area contributed by atoms with Crippen LogP contribution < -0.4 is 5.32 Å². The summed E-state index contributed by atoms with van der Waals surface area (Å²) in [6.07, 6.45) is 3.58. The van der Waals surface area contributed by atoms with Crippen LogP contribution in [0.2, 0.25) is 0 Å². The summed E-state index contributed by atoms with van der Waals surface area (Å²) in [7, 11) is 0. The van der Waals surface area contributed by atoms with E-state index in [-0.39, 0.29) is 18.1 Å². The summed E-state index contributed by atoms with van der Waals surface area (Å²) in [5, 5.41) is 3.14. The molecule has 126 valence electrons. The van der Waals surface area contributed by atoms with Crippen LogP contribution in [0.5, 0.6) is 0 Å². The minimum atomic E-state index is -0.180. The van der Waals surface area contributed by atoms with Gasteiger partial charge in [-0.05, 0) is 24.8 Å². The summed E-state index contributed by atoms with van der Waals surface area (Å²) in [5.74, 6) is 2.31. The smallest absolute Gasteiger partial charge is 0.242 e. The van der Waals surface area contributed by atoms with E-state index in [1.165, 1.54) is 6.42 Å². The van der Waals surface area contributed by atoms with Crippen molar-refractivity contribution in [2.75, 3.05) is 37.7 Å². The van der Waals surface area contributed by atoms with E-state index in [0.29, 0.717) is 6.54 Å². The van der Waals surface area contributed by atoms with Crippen molar-refractivity contribution < 1.29 is 9.53 Å². The van der Waals surface area contributed by atoms with E-state index in [0.717, 1.165) is 49.6 Å². The van der Waals surface area contributed by atoms with Crippen LogP contribution >= 0.6 is 11.8 Å². The maximum atomic E-state index is 12.9. The molecule has 2 aliphatic heterocycles. The number of carbonyl (C=O) groups is 1. The Labute approximate surface area is 143 Å². The number of ether oxygens (including phenoxy) is 1. The highest BCUT2D eigenvalue weighted by molar-refractivity contribution is 7.99. The van der Waals surface area contributed by atoms with Crippen molar-refractivity contribution in [1.29, 1.82) is 0 Å². The number of nitrogens with one attached hydrogen (secondary N) is 1. The second kappa shape index (κ2) is 8.71. The summed E-state index contributed by atoms with van der Waals surface area (Å²) < 4.78 is 5.73. The van der Waals surface area contributed by atoms with E-state index < -0.39 is 0 Å². The van der Waals surface area contributed by atoms with Gasteiger partial charge < -0.3 is 10.1 Å². The summed E-state index contributed by atoms with van der Waals surface area (Å²) in [4.78, 5) is 15.2. The molecule has 3 rings (SSSR count). The Balaban J connectivity index is 1.65. The number of nitrogens with zero attached hydrogens (tertiary/aromatic N) is 1. The number of rotatable bonds is 5. The molecule has 0 spiro atoms. The minimum absolute atomic E-state index is 0.109. The number of hydrogen-bond donors (Lipinski definition) is 1. The molecule has 1 aromatic carbocycles. The summed E-state index contributed by atoms with van der Waals surface area (Å²) >= 11 is 1.97. The van der Waals surface area contributed by atoms with E-state index in [1.807, 2.05) is 30.0 Å². The zero-order valence-electron chi connectivity index (χ0n) is 13.6. The van der Waals surface area contributed by atoms with Crippen molar-refractivity contribution in [2.45, 2.75) is 31.4 Å². The Morgan fingerprint density at radius 3 is 2.74 bits per heavy atom. The second-order valence-corrected chi connectivity index (χ2v) is 7.42. The topological polar surface area (TPSA) is 41.6 Å². The van der Waals surface area contributed by atoms with Crippen molar-refractivity contribution in [3.8, 4) is 0 Å². The average molecular weight is 334 g/mol. The lowest BCUT2D eigenvalue weighted by atomic mass is 10.0. The van der Waals surface area contributed by atoms with Crippen LogP contribution in [0.15, 0.2) is 30.3 Å². The first-order chi connectivity index (χ1) is 11.3. The first-order valence-corrected chi connectivity index (χ1v) is 9.76. The van der Waals surface area contributed by atoms with Crippen molar-refractivity contribution in [3.63, 3.8) is 0 Å². The molecule has 1 amide bonds. The monoisotopic (exact) mass is 334 g/mol. The SMILES string of the molecule is O=C(NC[C@@H]1CCCCO1)[C@@H](c1ccccc1)N1CCSCC1. The Morgan fingerprint density at radius 2 is 2.04 bits per heavy atom. The van der Waals surface area contributed by atoms with E-state index in [9.17, 15) is 4.79 Å². The quantitative estimate of drug-likeness (QED) is 0.898. The zero-order chi connectivity index (χ0) is 15.9. The van der Waals surface area contributed by atoms with Crippen molar-refractivity contribution in [3.05, 3.63) is 35.9 Å². The van der Waals surface area contributed by atoms with Crippen LogP contribution in [0.25, 0.3) is 0 Å². The van der Waals surface area contributed by atoms with Crippen LogP contribution in [-0.2, 0) is 9.53 Å². The van der Waals surface area contributed by atoms with Gasteiger partial charge in [0.15, 0.2) is 0 Å². The third kappa shape index (κ3) is 4.72. The lowest BCUT2D eigenvalue weighted by molar-refractivity contribution is -0.127. The van der Waals surface area contributed by atoms with Gasteiger partial charge in [-0.3, -0.25) is 9.69 Å². The van der Waals surface area contributed by atoms with Gasteiger partial charge in [0, 0.05) is 37.7 Å². The fraction of sp³-hybridized carbons (Fsp3) is 0.611. The van der Waals surface area contributed by atoms with Crippen LogP contribution in [0.3, 0.4) is 0 Å². The molecule has 2 fully saturated rings. The maximum absolute atomic E-state index is 12.9. The Morgan fingerprint density at radius 1 is 1.26 bits per heavy atom. The van der Waals surface area contributed by atoms with E-state index >= 15 is 0 Å². The summed E-state index contributed by atoms with van der Waals surface area (Å²) in [6.45, 7) is 3.39. The Hall–Kier alpha value is -1.04. The van der Waals surface area contributed by atoms with Gasteiger partial charge in [0.1, 0.15) is 6.04 Å². The minimum Gasteiger partial charge on any atom is -0.376 e. The molecule has 1 N–H and O–H groups in total. The highest BCUT2D eigenvalue weighted by Crippen LogP contribution is 2.24. The predicted octanol–water partition coefficient (Wildman–Crippen LogP) is 2.46. The molecule has 5 heteroatoms. The molecule has 0 saturated carbocycles. The fourth-order valence-corrected chi connectivity index (χ4v) is 4.21. The van der Waals surface area contributed by atoms with Gasteiger partial charge in [-0.2, -0.15) is 11.8 Å². The number of carbonyl (C=O) groups excluding carboxylic acids is 1. The number of hydrogen-bond acceptors (Lipinski definition) is 4. The Kier molecular flexibility index (Phi) is 6.37. The molecule has 0 unspecified atom stereocenters. The summed E-state index contributed by atoms with van der Waals surface area (Å²) in [6, 6.07) is 9.96. The fourth-order valence-electron chi connectivity index (χ4n) is 3.28. The van der Waals surface area contributed by atoms with Gasteiger partial charge in [-0.25, -0.2) is 0 Å². The number of benzene rings is 1. The van der Waals surface area contributed by atoms with Crippen molar-refractivity contribution in [2.24, 2.45) is 0 Å². The predicted molar refractivity (Wildman–Crippen MR) is 94.7 cm³/mol. The molecule has 0 bridgehead atoms. The third-order valence-corrected chi connectivity index (χ3v) is 5.49. The van der Waals surface area contributed by atoms with Gasteiger partial charge in [-0.1, -0.05) is 30.3 Å². The van der Waals surface area contributed by atoms with Crippen molar-refractivity contribution in [1.82, 2.24) is 10.2 Å².